The zero-order chi connectivity index (χ0) is 30.4. The molecule has 42 heavy (non-hydrogen) atoms. The number of fused-ring (bicyclic) bond motifs is 1. The van der Waals surface area contributed by atoms with Crippen molar-refractivity contribution in [1.82, 2.24) is 24.4 Å². The number of sulfone groups is 1. The Morgan fingerprint density at radius 2 is 1.86 bits per heavy atom. The maximum Gasteiger partial charge on any atom is 0.229 e. The fourth-order valence-electron chi connectivity index (χ4n) is 6.66. The lowest BCUT2D eigenvalue weighted by Gasteiger charge is -2.42. The summed E-state index contributed by atoms with van der Waals surface area (Å²) in [7, 11) is -3.35. The highest BCUT2D eigenvalue weighted by atomic mass is 32.2. The molecule has 1 aromatic carbocycles. The summed E-state index contributed by atoms with van der Waals surface area (Å²) in [6, 6.07) is 2.95. The molecule has 0 bridgehead atoms. The maximum absolute atomic E-state index is 15.1. The zero-order valence-electron chi connectivity index (χ0n) is 25.0. The molecule has 1 fully saturated rings. The summed E-state index contributed by atoms with van der Waals surface area (Å²) in [5.41, 5.74) is 0.333. The molecule has 2 atom stereocenters. The van der Waals surface area contributed by atoms with E-state index in [1.54, 1.807) is 12.3 Å². The number of aromatic nitrogens is 4. The highest BCUT2D eigenvalue weighted by Gasteiger charge is 2.45. The van der Waals surface area contributed by atoms with Gasteiger partial charge in [0.25, 0.3) is 0 Å². The first-order valence-electron chi connectivity index (χ1n) is 14.5. The molecule has 3 aromatic rings. The molecule has 0 saturated carbocycles. The number of benzene rings is 1. The SMILES string of the molecule is CCN1CCC(C(C2(C)C=NC(Nc3ncc(F)c(-c4cc(F)c5nc(C)n(C(C)C)c5c4)n3)=CC2)S(C)(=O)=O)CC1. The predicted octanol–water partition coefficient (Wildman–Crippen LogP) is 5.54. The third kappa shape index (κ3) is 5.83. The van der Waals surface area contributed by atoms with E-state index in [0.29, 0.717) is 23.6 Å². The molecule has 226 valence electrons. The third-order valence-electron chi connectivity index (χ3n) is 8.55. The van der Waals surface area contributed by atoms with Gasteiger partial charge in [0.05, 0.1) is 17.0 Å². The van der Waals surface area contributed by atoms with Gasteiger partial charge in [-0.05, 0) is 83.8 Å². The van der Waals surface area contributed by atoms with Crippen molar-refractivity contribution >= 4 is 33.0 Å². The number of nitrogens with zero attached hydrogens (tertiary/aromatic N) is 6. The lowest BCUT2D eigenvalue weighted by molar-refractivity contribution is 0.169. The van der Waals surface area contributed by atoms with Crippen molar-refractivity contribution in [2.45, 2.75) is 65.2 Å². The number of nitrogens with one attached hydrogen (secondary N) is 1. The lowest BCUT2D eigenvalue weighted by atomic mass is 9.75. The van der Waals surface area contributed by atoms with Crippen molar-refractivity contribution in [1.29, 1.82) is 0 Å². The van der Waals surface area contributed by atoms with E-state index in [0.717, 1.165) is 38.7 Å². The number of imidazole rings is 1. The van der Waals surface area contributed by atoms with Gasteiger partial charge in [-0.25, -0.2) is 37.1 Å². The van der Waals surface area contributed by atoms with Crippen LogP contribution in [0.1, 0.15) is 58.8 Å². The Hall–Kier alpha value is -3.25. The van der Waals surface area contributed by atoms with Gasteiger partial charge in [0.2, 0.25) is 5.95 Å². The Balaban J connectivity index is 1.39. The van der Waals surface area contributed by atoms with Gasteiger partial charge in [-0.3, -0.25) is 0 Å². The van der Waals surface area contributed by atoms with Gasteiger partial charge in [0.1, 0.15) is 22.9 Å². The van der Waals surface area contributed by atoms with E-state index in [9.17, 15) is 12.8 Å². The van der Waals surface area contributed by atoms with Gasteiger partial charge in [-0.2, -0.15) is 0 Å². The molecule has 2 aromatic heterocycles. The number of aliphatic imine (C=N–C) groups is 1. The van der Waals surface area contributed by atoms with Crippen LogP contribution in [-0.2, 0) is 9.84 Å². The van der Waals surface area contributed by atoms with Crippen LogP contribution in [0, 0.1) is 29.9 Å². The Morgan fingerprint density at radius 3 is 2.45 bits per heavy atom. The molecule has 0 amide bonds. The maximum atomic E-state index is 15.1. The molecule has 0 radical (unpaired) electrons. The van der Waals surface area contributed by atoms with Gasteiger partial charge >= 0.3 is 0 Å². The Morgan fingerprint density at radius 1 is 1.14 bits per heavy atom. The molecule has 2 unspecified atom stereocenters. The Labute approximate surface area is 246 Å². The normalized spacial score (nSPS) is 21.2. The number of aryl methyl sites for hydroxylation is 1. The topological polar surface area (TPSA) is 105 Å². The van der Waals surface area contributed by atoms with Crippen molar-refractivity contribution in [3.05, 3.63) is 47.7 Å². The summed E-state index contributed by atoms with van der Waals surface area (Å²) in [4.78, 5) is 19.7. The monoisotopic (exact) mass is 599 g/mol. The number of likely N-dealkylation sites (tertiary alicyclic amines) is 1. The lowest BCUT2D eigenvalue weighted by Crippen LogP contribution is -2.49. The molecule has 12 heteroatoms. The summed E-state index contributed by atoms with van der Waals surface area (Å²) >= 11 is 0. The molecule has 9 nitrogen and oxygen atoms in total. The second-order valence-corrected chi connectivity index (χ2v) is 14.2. The molecule has 0 aliphatic carbocycles. The first kappa shape index (κ1) is 30.2. The van der Waals surface area contributed by atoms with Crippen LogP contribution < -0.4 is 5.32 Å². The fraction of sp³-hybridized carbons (Fsp3) is 0.533. The molecule has 4 heterocycles. The van der Waals surface area contributed by atoms with Crippen LogP contribution in [0.5, 0.6) is 0 Å². The van der Waals surface area contributed by atoms with Crippen molar-refractivity contribution in [2.24, 2.45) is 16.3 Å². The number of anilines is 1. The van der Waals surface area contributed by atoms with E-state index in [4.69, 9.17) is 0 Å². The number of hydrogen-bond acceptors (Lipinski definition) is 8. The van der Waals surface area contributed by atoms with Crippen LogP contribution in [0.3, 0.4) is 0 Å². The van der Waals surface area contributed by atoms with E-state index in [-0.39, 0.29) is 34.7 Å². The highest BCUT2D eigenvalue weighted by Crippen LogP contribution is 2.40. The minimum absolute atomic E-state index is 0.0327. The van der Waals surface area contributed by atoms with Crippen molar-refractivity contribution in [3.63, 3.8) is 0 Å². The van der Waals surface area contributed by atoms with Crippen LogP contribution in [0.15, 0.2) is 35.2 Å². The predicted molar refractivity (Wildman–Crippen MR) is 162 cm³/mol. The quantitative estimate of drug-likeness (QED) is 0.363. The van der Waals surface area contributed by atoms with Crippen molar-refractivity contribution in [3.8, 4) is 11.3 Å². The summed E-state index contributed by atoms with van der Waals surface area (Å²) in [5.74, 6) is 0.00814. The second-order valence-electron chi connectivity index (χ2n) is 12.0. The first-order chi connectivity index (χ1) is 19.8. The highest BCUT2D eigenvalue weighted by molar-refractivity contribution is 7.91. The van der Waals surface area contributed by atoms with Crippen LogP contribution in [0.25, 0.3) is 22.3 Å². The molecule has 2 aliphatic rings. The van der Waals surface area contributed by atoms with E-state index in [2.05, 4.69) is 37.1 Å². The van der Waals surface area contributed by atoms with Crippen LogP contribution in [0.4, 0.5) is 14.7 Å². The van der Waals surface area contributed by atoms with Crippen LogP contribution >= 0.6 is 0 Å². The fourth-order valence-corrected chi connectivity index (χ4v) is 8.77. The minimum Gasteiger partial charge on any atom is -0.326 e. The molecular formula is C30H39F2N7O2S. The van der Waals surface area contributed by atoms with Crippen LogP contribution in [-0.4, -0.2) is 70.2 Å². The van der Waals surface area contributed by atoms with E-state index >= 15 is 4.39 Å². The average Bonchev–Trinajstić information content (AvgIpc) is 3.27. The van der Waals surface area contributed by atoms with Crippen LogP contribution in [0.2, 0.25) is 0 Å². The number of hydrogen-bond donors (Lipinski definition) is 1. The Bertz CT molecular complexity index is 1660. The molecule has 5 rings (SSSR count). The van der Waals surface area contributed by atoms with E-state index in [1.807, 2.05) is 38.3 Å². The molecule has 1 N–H and O–H groups in total. The van der Waals surface area contributed by atoms with E-state index < -0.39 is 32.1 Å². The second kappa shape index (κ2) is 11.4. The molecule has 1 saturated heterocycles. The van der Waals surface area contributed by atoms with Crippen molar-refractivity contribution in [2.75, 3.05) is 31.2 Å². The summed E-state index contributed by atoms with van der Waals surface area (Å²) in [6.07, 6.45) is 8.04. The smallest absolute Gasteiger partial charge is 0.229 e. The molecular weight excluding hydrogens is 560 g/mol. The molecule has 2 aliphatic heterocycles. The number of rotatable bonds is 8. The van der Waals surface area contributed by atoms with Crippen molar-refractivity contribution < 1.29 is 17.2 Å². The summed E-state index contributed by atoms with van der Waals surface area (Å²) < 4.78 is 58.0. The minimum atomic E-state index is -3.35. The van der Waals surface area contributed by atoms with Gasteiger partial charge in [-0.15, -0.1) is 0 Å². The number of piperidine rings is 1. The summed E-state index contributed by atoms with van der Waals surface area (Å²) in [5, 5.41) is 2.47. The standard InChI is InChI=1S/C30H39F2N7O2S/c1-7-38-12-9-20(10-13-38)28(42(6,40)41)30(5)11-8-25(34-17-30)36-29-33-16-23(32)26(37-29)21-14-22(31)27-24(15-21)39(18(2)3)19(4)35-27/h8,14-18,20,28H,7,9-13H2,1-6H3,(H,33,36,37). The third-order valence-corrected chi connectivity index (χ3v) is 10.4. The van der Waals surface area contributed by atoms with Gasteiger partial charge in [-0.1, -0.05) is 13.8 Å². The van der Waals surface area contributed by atoms with E-state index in [1.165, 1.54) is 12.3 Å². The largest absolute Gasteiger partial charge is 0.326 e. The first-order valence-corrected chi connectivity index (χ1v) is 16.4. The van der Waals surface area contributed by atoms with Gasteiger partial charge in [0.15, 0.2) is 21.5 Å². The number of allylic oxidation sites excluding steroid dienone is 1. The van der Waals surface area contributed by atoms with Gasteiger partial charge < -0.3 is 14.8 Å². The number of halogens is 2. The Kier molecular flexibility index (Phi) is 8.23. The molecule has 0 spiro atoms. The van der Waals surface area contributed by atoms with Gasteiger partial charge in [0, 0.05) is 29.5 Å². The average molecular weight is 600 g/mol. The zero-order valence-corrected chi connectivity index (χ0v) is 25.8. The summed E-state index contributed by atoms with van der Waals surface area (Å²) in [6.45, 7) is 12.6.